The van der Waals surface area contributed by atoms with Crippen molar-refractivity contribution in [1.29, 1.82) is 0 Å². The molecule has 0 N–H and O–H groups in total. The molecule has 0 rings (SSSR count). The van der Waals surface area contributed by atoms with E-state index < -0.39 is 5.60 Å². The summed E-state index contributed by atoms with van der Waals surface area (Å²) in [5.41, 5.74) is -0.432. The third kappa shape index (κ3) is 7.37. The summed E-state index contributed by atoms with van der Waals surface area (Å²) in [6.45, 7) is 9.68. The van der Waals surface area contributed by atoms with Crippen molar-refractivity contribution < 1.29 is 14.6 Å². The van der Waals surface area contributed by atoms with Gasteiger partial charge in [0.05, 0.1) is 5.92 Å². The summed E-state index contributed by atoms with van der Waals surface area (Å²) in [4.78, 5) is 21.4. The minimum atomic E-state index is -0.432. The summed E-state index contributed by atoms with van der Waals surface area (Å²) in [6, 6.07) is 0. The first-order valence-corrected chi connectivity index (χ1v) is 5.80. The number of hydrogen-bond donors (Lipinski definition) is 0. The Labute approximate surface area is 93.1 Å². The van der Waals surface area contributed by atoms with Crippen LogP contribution in [0.1, 0.15) is 60.3 Å². The molecule has 0 aliphatic carbocycles. The fourth-order valence-corrected chi connectivity index (χ4v) is 1.17. The van der Waals surface area contributed by atoms with Crippen LogP contribution in [0.25, 0.3) is 0 Å². The normalized spacial score (nSPS) is 13.7. The van der Waals surface area contributed by atoms with Gasteiger partial charge in [0.15, 0.2) is 0 Å². The monoisotopic (exact) mass is 216 g/mol. The fourth-order valence-electron chi connectivity index (χ4n) is 1.17. The van der Waals surface area contributed by atoms with Gasteiger partial charge in [-0.05, 0) is 33.6 Å². The van der Waals surface area contributed by atoms with Crippen molar-refractivity contribution in [3.8, 4) is 0 Å². The zero-order valence-electron chi connectivity index (χ0n) is 10.6. The zero-order valence-corrected chi connectivity index (χ0v) is 10.6. The summed E-state index contributed by atoms with van der Waals surface area (Å²) < 4.78 is 0. The van der Waals surface area contributed by atoms with Crippen LogP contribution in [-0.2, 0) is 14.6 Å². The van der Waals surface area contributed by atoms with Gasteiger partial charge in [-0.1, -0.05) is 26.7 Å². The first kappa shape index (κ1) is 14.4. The minimum Gasteiger partial charge on any atom is -0.298 e. The first-order valence-electron chi connectivity index (χ1n) is 5.80. The molecule has 0 spiro atoms. The Hall–Kier alpha value is -0.570. The van der Waals surface area contributed by atoms with E-state index in [0.717, 1.165) is 25.7 Å². The third-order valence-corrected chi connectivity index (χ3v) is 2.11. The molecule has 0 bridgehead atoms. The lowest BCUT2D eigenvalue weighted by atomic mass is 10.00. The van der Waals surface area contributed by atoms with Gasteiger partial charge in [-0.15, -0.1) is 0 Å². The van der Waals surface area contributed by atoms with Crippen molar-refractivity contribution in [2.24, 2.45) is 5.92 Å². The Morgan fingerprint density at radius 2 is 1.87 bits per heavy atom. The van der Waals surface area contributed by atoms with Crippen LogP contribution < -0.4 is 0 Å². The van der Waals surface area contributed by atoms with Crippen molar-refractivity contribution in [1.82, 2.24) is 0 Å². The third-order valence-electron chi connectivity index (χ3n) is 2.11. The van der Waals surface area contributed by atoms with Crippen molar-refractivity contribution in [3.05, 3.63) is 0 Å². The van der Waals surface area contributed by atoms with Crippen molar-refractivity contribution in [2.75, 3.05) is 0 Å². The molecule has 0 aromatic rings. The molecule has 15 heavy (non-hydrogen) atoms. The van der Waals surface area contributed by atoms with Gasteiger partial charge in [0.1, 0.15) is 5.60 Å². The highest BCUT2D eigenvalue weighted by atomic mass is 17.2. The molecule has 0 fully saturated rings. The molecule has 0 heterocycles. The molecule has 0 saturated heterocycles. The van der Waals surface area contributed by atoms with E-state index in [-0.39, 0.29) is 11.9 Å². The number of carbonyl (C=O) groups excluding carboxylic acids is 1. The molecule has 0 saturated carbocycles. The van der Waals surface area contributed by atoms with Gasteiger partial charge < -0.3 is 0 Å². The molecule has 0 aliphatic rings. The Kier molecular flexibility index (Phi) is 6.57. The van der Waals surface area contributed by atoms with Crippen LogP contribution in [0.2, 0.25) is 0 Å². The summed E-state index contributed by atoms with van der Waals surface area (Å²) in [7, 11) is 0. The van der Waals surface area contributed by atoms with E-state index in [4.69, 9.17) is 9.78 Å². The predicted octanol–water partition coefficient (Wildman–Crippen LogP) is 3.48. The van der Waals surface area contributed by atoms with Gasteiger partial charge in [0.2, 0.25) is 0 Å². The van der Waals surface area contributed by atoms with Crippen LogP contribution in [0.5, 0.6) is 0 Å². The number of hydrogen-bond acceptors (Lipinski definition) is 3. The summed E-state index contributed by atoms with van der Waals surface area (Å²) in [5.74, 6) is -0.256. The van der Waals surface area contributed by atoms with E-state index in [0.29, 0.717) is 0 Å². The minimum absolute atomic E-state index is 0.0210. The molecule has 90 valence electrons. The Morgan fingerprint density at radius 3 is 2.27 bits per heavy atom. The van der Waals surface area contributed by atoms with Crippen LogP contribution in [0.4, 0.5) is 0 Å². The van der Waals surface area contributed by atoms with E-state index >= 15 is 0 Å². The second-order valence-corrected chi connectivity index (χ2v) is 4.85. The average molecular weight is 216 g/mol. The SMILES string of the molecule is CCCC[C@@H](CC)C(=O)OOC(C)(C)C. The van der Waals surface area contributed by atoms with Crippen LogP contribution in [0.3, 0.4) is 0 Å². The molecular weight excluding hydrogens is 192 g/mol. The molecule has 0 amide bonds. The molecule has 3 heteroatoms. The van der Waals surface area contributed by atoms with Gasteiger partial charge in [0.25, 0.3) is 0 Å². The van der Waals surface area contributed by atoms with Gasteiger partial charge in [-0.2, -0.15) is 4.89 Å². The van der Waals surface area contributed by atoms with Crippen molar-refractivity contribution in [3.63, 3.8) is 0 Å². The lowest BCUT2D eigenvalue weighted by molar-refractivity contribution is -0.323. The van der Waals surface area contributed by atoms with Crippen LogP contribution in [-0.4, -0.2) is 11.6 Å². The van der Waals surface area contributed by atoms with E-state index in [1.165, 1.54) is 0 Å². The van der Waals surface area contributed by atoms with Gasteiger partial charge in [-0.3, -0.25) is 4.89 Å². The van der Waals surface area contributed by atoms with E-state index in [2.05, 4.69) is 6.92 Å². The highest BCUT2D eigenvalue weighted by molar-refractivity contribution is 5.71. The Bertz CT molecular complexity index is 182. The molecule has 3 nitrogen and oxygen atoms in total. The average Bonchev–Trinajstić information content (AvgIpc) is 2.15. The molecule has 0 aliphatic heterocycles. The molecular formula is C12H24O3. The van der Waals surface area contributed by atoms with E-state index in [1.807, 2.05) is 27.7 Å². The fraction of sp³-hybridized carbons (Fsp3) is 0.917. The number of rotatable bonds is 6. The summed E-state index contributed by atoms with van der Waals surface area (Å²) in [6.07, 6.45) is 3.86. The maximum absolute atomic E-state index is 11.6. The van der Waals surface area contributed by atoms with Crippen LogP contribution in [0, 0.1) is 5.92 Å². The Morgan fingerprint density at radius 1 is 1.27 bits per heavy atom. The van der Waals surface area contributed by atoms with E-state index in [9.17, 15) is 4.79 Å². The maximum Gasteiger partial charge on any atom is 0.345 e. The van der Waals surface area contributed by atoms with Crippen molar-refractivity contribution in [2.45, 2.75) is 65.9 Å². The predicted molar refractivity (Wildman–Crippen MR) is 60.2 cm³/mol. The topological polar surface area (TPSA) is 35.5 Å². The number of carbonyl (C=O) groups is 1. The van der Waals surface area contributed by atoms with Gasteiger partial charge >= 0.3 is 5.97 Å². The molecule has 0 unspecified atom stereocenters. The first-order chi connectivity index (χ1) is 6.90. The smallest absolute Gasteiger partial charge is 0.298 e. The molecule has 0 radical (unpaired) electrons. The largest absolute Gasteiger partial charge is 0.345 e. The molecule has 0 aromatic carbocycles. The van der Waals surface area contributed by atoms with E-state index in [1.54, 1.807) is 0 Å². The van der Waals surface area contributed by atoms with Crippen LogP contribution in [0.15, 0.2) is 0 Å². The summed E-state index contributed by atoms with van der Waals surface area (Å²) >= 11 is 0. The Balaban J connectivity index is 3.94. The van der Waals surface area contributed by atoms with Crippen molar-refractivity contribution >= 4 is 5.97 Å². The quantitative estimate of drug-likeness (QED) is 0.503. The zero-order chi connectivity index (χ0) is 11.9. The second-order valence-electron chi connectivity index (χ2n) is 4.85. The van der Waals surface area contributed by atoms with Crippen LogP contribution >= 0.6 is 0 Å². The highest BCUT2D eigenvalue weighted by Crippen LogP contribution is 2.16. The maximum atomic E-state index is 11.6. The highest BCUT2D eigenvalue weighted by Gasteiger charge is 2.21. The lowest BCUT2D eigenvalue weighted by Gasteiger charge is -2.19. The second kappa shape index (κ2) is 6.83. The van der Waals surface area contributed by atoms with Gasteiger partial charge in [0, 0.05) is 0 Å². The number of unbranched alkanes of at least 4 members (excludes halogenated alkanes) is 1. The molecule has 1 atom stereocenters. The standard InChI is InChI=1S/C12H24O3/c1-6-8-9-10(7-2)11(13)14-15-12(3,4)5/h10H,6-9H2,1-5H3/t10-/m1/s1. The summed E-state index contributed by atoms with van der Waals surface area (Å²) in [5, 5.41) is 0. The molecule has 0 aromatic heterocycles. The lowest BCUT2D eigenvalue weighted by Crippen LogP contribution is -2.25. The van der Waals surface area contributed by atoms with Gasteiger partial charge in [-0.25, -0.2) is 4.79 Å².